The van der Waals surface area contributed by atoms with Gasteiger partial charge in [-0.15, -0.1) is 11.3 Å². The molecule has 0 spiro atoms. The van der Waals surface area contributed by atoms with E-state index in [1.54, 1.807) is 11.3 Å². The van der Waals surface area contributed by atoms with Crippen molar-refractivity contribution in [2.24, 2.45) is 5.73 Å². The molecule has 2 rings (SSSR count). The molecule has 0 amide bonds. The van der Waals surface area contributed by atoms with Gasteiger partial charge >= 0.3 is 0 Å². The normalized spacial score (nSPS) is 12.7. The Morgan fingerprint density at radius 1 is 1.28 bits per heavy atom. The van der Waals surface area contributed by atoms with Gasteiger partial charge in [-0.1, -0.05) is 31.2 Å². The molecule has 1 aromatic carbocycles. The molecule has 2 nitrogen and oxygen atoms in total. The van der Waals surface area contributed by atoms with Crippen molar-refractivity contribution in [1.29, 1.82) is 0 Å². The second kappa shape index (κ2) is 5.63. The first-order valence-corrected chi connectivity index (χ1v) is 7.23. The molecule has 0 radical (unpaired) electrons. The van der Waals surface area contributed by atoms with Crippen LogP contribution in [0.1, 0.15) is 30.0 Å². The monoisotopic (exact) mass is 260 g/mol. The van der Waals surface area contributed by atoms with Crippen LogP contribution in [0.4, 0.5) is 0 Å². The summed E-state index contributed by atoms with van der Waals surface area (Å²) in [7, 11) is 0. The van der Waals surface area contributed by atoms with Crippen LogP contribution in [0.15, 0.2) is 24.3 Å². The van der Waals surface area contributed by atoms with Crippen molar-refractivity contribution < 1.29 is 0 Å². The van der Waals surface area contributed by atoms with Crippen molar-refractivity contribution in [1.82, 2.24) is 4.98 Å². The highest BCUT2D eigenvalue weighted by Crippen LogP contribution is 2.28. The fourth-order valence-corrected chi connectivity index (χ4v) is 3.13. The van der Waals surface area contributed by atoms with E-state index in [4.69, 9.17) is 5.73 Å². The van der Waals surface area contributed by atoms with Gasteiger partial charge in [0.25, 0.3) is 0 Å². The average molecular weight is 260 g/mol. The van der Waals surface area contributed by atoms with E-state index >= 15 is 0 Å². The summed E-state index contributed by atoms with van der Waals surface area (Å²) >= 11 is 1.76. The van der Waals surface area contributed by atoms with E-state index < -0.39 is 0 Å². The van der Waals surface area contributed by atoms with Crippen LogP contribution in [-0.2, 0) is 12.8 Å². The number of hydrogen-bond donors (Lipinski definition) is 1. The maximum Gasteiger partial charge on any atom is 0.123 e. The predicted molar refractivity (Wildman–Crippen MR) is 79.0 cm³/mol. The standard InChI is InChI=1S/C15H20N2S/c1-4-12-5-7-13(8-6-12)15-17-11(3)14(18-15)9-10(2)16/h5-8,10H,4,9,16H2,1-3H3. The number of hydrogen-bond acceptors (Lipinski definition) is 3. The van der Waals surface area contributed by atoms with Gasteiger partial charge in [-0.2, -0.15) is 0 Å². The molecular formula is C15H20N2S. The van der Waals surface area contributed by atoms with Crippen molar-refractivity contribution in [3.8, 4) is 10.6 Å². The molecule has 0 saturated carbocycles. The highest BCUT2D eigenvalue weighted by atomic mass is 32.1. The molecule has 2 N–H and O–H groups in total. The lowest BCUT2D eigenvalue weighted by Gasteiger charge is -2.01. The van der Waals surface area contributed by atoms with Crippen LogP contribution in [0, 0.1) is 6.92 Å². The van der Waals surface area contributed by atoms with Crippen LogP contribution in [0.5, 0.6) is 0 Å². The first-order valence-electron chi connectivity index (χ1n) is 6.41. The molecule has 18 heavy (non-hydrogen) atoms. The van der Waals surface area contributed by atoms with Gasteiger partial charge in [-0.25, -0.2) is 4.98 Å². The maximum absolute atomic E-state index is 5.86. The predicted octanol–water partition coefficient (Wildman–Crippen LogP) is 3.57. The number of nitrogens with zero attached hydrogens (tertiary/aromatic N) is 1. The zero-order valence-corrected chi connectivity index (χ0v) is 12.1. The minimum absolute atomic E-state index is 0.194. The van der Waals surface area contributed by atoms with Gasteiger partial charge in [0.1, 0.15) is 5.01 Å². The molecule has 0 bridgehead atoms. The summed E-state index contributed by atoms with van der Waals surface area (Å²) in [5.41, 5.74) is 9.54. The number of aromatic nitrogens is 1. The summed E-state index contributed by atoms with van der Waals surface area (Å²) in [6, 6.07) is 8.87. The third-order valence-corrected chi connectivity index (χ3v) is 4.24. The van der Waals surface area contributed by atoms with Crippen molar-refractivity contribution in [2.75, 3.05) is 0 Å². The van der Waals surface area contributed by atoms with Crippen LogP contribution in [-0.4, -0.2) is 11.0 Å². The van der Waals surface area contributed by atoms with Crippen LogP contribution < -0.4 is 5.73 Å². The molecule has 1 unspecified atom stereocenters. The van der Waals surface area contributed by atoms with Crippen molar-refractivity contribution in [3.63, 3.8) is 0 Å². The highest BCUT2D eigenvalue weighted by Gasteiger charge is 2.10. The van der Waals surface area contributed by atoms with E-state index in [0.717, 1.165) is 23.5 Å². The molecule has 1 heterocycles. The van der Waals surface area contributed by atoms with Gasteiger partial charge < -0.3 is 5.73 Å². The Labute approximate surface area is 113 Å². The third-order valence-electron chi connectivity index (χ3n) is 3.01. The maximum atomic E-state index is 5.86. The van der Waals surface area contributed by atoms with E-state index in [-0.39, 0.29) is 6.04 Å². The van der Waals surface area contributed by atoms with Gasteiger partial charge in [-0.3, -0.25) is 0 Å². The first-order chi connectivity index (χ1) is 8.60. The molecule has 3 heteroatoms. The van der Waals surface area contributed by atoms with Crippen molar-refractivity contribution >= 4 is 11.3 Å². The Morgan fingerprint density at radius 2 is 1.94 bits per heavy atom. The second-order valence-electron chi connectivity index (χ2n) is 4.76. The Kier molecular flexibility index (Phi) is 4.15. The fourth-order valence-electron chi connectivity index (χ4n) is 1.92. The zero-order chi connectivity index (χ0) is 13.1. The SMILES string of the molecule is CCc1ccc(-c2nc(C)c(CC(C)N)s2)cc1. The fraction of sp³-hybridized carbons (Fsp3) is 0.400. The minimum Gasteiger partial charge on any atom is -0.328 e. The van der Waals surface area contributed by atoms with Crippen LogP contribution >= 0.6 is 11.3 Å². The van der Waals surface area contributed by atoms with Gasteiger partial charge in [0.15, 0.2) is 0 Å². The lowest BCUT2D eigenvalue weighted by atomic mass is 10.1. The Balaban J connectivity index is 2.27. The smallest absolute Gasteiger partial charge is 0.123 e. The van der Waals surface area contributed by atoms with Crippen LogP contribution in [0.25, 0.3) is 10.6 Å². The Bertz CT molecular complexity index is 512. The molecule has 0 aliphatic rings. The molecule has 1 atom stereocenters. The Morgan fingerprint density at radius 3 is 2.50 bits per heavy atom. The molecule has 2 aromatic rings. The lowest BCUT2D eigenvalue weighted by molar-refractivity contribution is 0.742. The lowest BCUT2D eigenvalue weighted by Crippen LogP contribution is -2.17. The summed E-state index contributed by atoms with van der Waals surface area (Å²) < 4.78 is 0. The van der Waals surface area contributed by atoms with Gasteiger partial charge in [0.05, 0.1) is 5.69 Å². The zero-order valence-electron chi connectivity index (χ0n) is 11.2. The first kappa shape index (κ1) is 13.2. The van der Waals surface area contributed by atoms with Crippen LogP contribution in [0.3, 0.4) is 0 Å². The second-order valence-corrected chi connectivity index (χ2v) is 5.84. The van der Waals surface area contributed by atoms with Crippen molar-refractivity contribution in [3.05, 3.63) is 40.4 Å². The molecule has 96 valence electrons. The molecule has 0 aliphatic heterocycles. The van der Waals surface area contributed by atoms with E-state index in [9.17, 15) is 0 Å². The number of rotatable bonds is 4. The molecule has 0 fully saturated rings. The summed E-state index contributed by atoms with van der Waals surface area (Å²) in [5.74, 6) is 0. The average Bonchev–Trinajstić information content (AvgIpc) is 2.70. The summed E-state index contributed by atoms with van der Waals surface area (Å²) in [4.78, 5) is 5.96. The molecule has 0 saturated heterocycles. The van der Waals surface area contributed by atoms with E-state index in [2.05, 4.69) is 43.1 Å². The molecule has 0 aliphatic carbocycles. The van der Waals surface area contributed by atoms with E-state index in [1.165, 1.54) is 16.0 Å². The van der Waals surface area contributed by atoms with E-state index in [0.29, 0.717) is 0 Å². The van der Waals surface area contributed by atoms with Crippen LogP contribution in [0.2, 0.25) is 0 Å². The minimum atomic E-state index is 0.194. The highest BCUT2D eigenvalue weighted by molar-refractivity contribution is 7.15. The molecular weight excluding hydrogens is 240 g/mol. The number of thiazole rings is 1. The topological polar surface area (TPSA) is 38.9 Å². The third kappa shape index (κ3) is 2.98. The number of nitrogens with two attached hydrogens (primary N) is 1. The molecule has 1 aromatic heterocycles. The number of aryl methyl sites for hydroxylation is 2. The Hall–Kier alpha value is -1.19. The summed E-state index contributed by atoms with van der Waals surface area (Å²) in [6.07, 6.45) is 1.99. The summed E-state index contributed by atoms with van der Waals surface area (Å²) in [6.45, 7) is 6.27. The van der Waals surface area contributed by atoms with E-state index in [1.807, 2.05) is 6.92 Å². The van der Waals surface area contributed by atoms with Gasteiger partial charge in [-0.05, 0) is 32.3 Å². The van der Waals surface area contributed by atoms with Crippen molar-refractivity contribution in [2.45, 2.75) is 39.7 Å². The van der Waals surface area contributed by atoms with Gasteiger partial charge in [0.2, 0.25) is 0 Å². The summed E-state index contributed by atoms with van der Waals surface area (Å²) in [5, 5.41) is 1.10. The number of benzene rings is 1. The largest absolute Gasteiger partial charge is 0.328 e. The quantitative estimate of drug-likeness (QED) is 0.912. The van der Waals surface area contributed by atoms with Gasteiger partial charge in [0, 0.05) is 16.5 Å².